The topological polar surface area (TPSA) is 35.0 Å². The van der Waals surface area contributed by atoms with Gasteiger partial charge in [0.05, 0.1) is 0 Å². The highest BCUT2D eigenvalue weighted by molar-refractivity contribution is 9.08. The van der Waals surface area contributed by atoms with E-state index in [1.54, 1.807) is 0 Å². The van der Waals surface area contributed by atoms with Gasteiger partial charge in [-0.1, -0.05) is 120 Å². The molecule has 0 amide bonds. The standard InChI is InChI=1S/C16H34.CH3Br.H3N/c1-3-5-7-9-11-13-15-16-14-12-10-8-6-4-2;1-2;/h3-16H2,1-2H3;1H3;1H3. The SMILES string of the molecule is CBr.CCCCCCCCCCCCCCCC.N. The van der Waals surface area contributed by atoms with Crippen molar-refractivity contribution in [3.63, 3.8) is 0 Å². The van der Waals surface area contributed by atoms with Crippen molar-refractivity contribution in [2.45, 2.75) is 104 Å². The van der Waals surface area contributed by atoms with Crippen LogP contribution in [0.2, 0.25) is 0 Å². The maximum Gasteiger partial charge on any atom is -0.00848 e. The zero-order chi connectivity index (χ0) is 13.9. The molecule has 0 saturated carbocycles. The summed E-state index contributed by atoms with van der Waals surface area (Å²) in [4.78, 5) is 0. The molecular formula is C17H40BrN. The molecule has 120 valence electrons. The largest absolute Gasteiger partial charge is 0.344 e. The Morgan fingerprint density at radius 1 is 0.421 bits per heavy atom. The smallest absolute Gasteiger partial charge is 0.00848 e. The molecule has 0 bridgehead atoms. The van der Waals surface area contributed by atoms with E-state index < -0.39 is 0 Å². The van der Waals surface area contributed by atoms with Crippen molar-refractivity contribution in [2.24, 2.45) is 0 Å². The van der Waals surface area contributed by atoms with Crippen LogP contribution in [0.4, 0.5) is 0 Å². The van der Waals surface area contributed by atoms with Crippen molar-refractivity contribution >= 4 is 15.9 Å². The molecule has 0 unspecified atom stereocenters. The first-order chi connectivity index (χ1) is 8.91. The maximum absolute atomic E-state index is 2.94. The number of hydrogen-bond acceptors (Lipinski definition) is 1. The average Bonchev–Trinajstić information content (AvgIpc) is 2.42. The van der Waals surface area contributed by atoms with E-state index in [0.29, 0.717) is 0 Å². The molecule has 3 N–H and O–H groups in total. The summed E-state index contributed by atoms with van der Waals surface area (Å²) >= 11 is 2.94. The van der Waals surface area contributed by atoms with E-state index in [1.807, 2.05) is 5.83 Å². The van der Waals surface area contributed by atoms with Crippen molar-refractivity contribution in [1.82, 2.24) is 6.15 Å². The van der Waals surface area contributed by atoms with Crippen LogP contribution in [0.15, 0.2) is 0 Å². The first kappa shape index (κ1) is 24.5. The summed E-state index contributed by atoms with van der Waals surface area (Å²) in [6.07, 6.45) is 20.4. The van der Waals surface area contributed by atoms with Crippen LogP contribution in [-0.2, 0) is 0 Å². The van der Waals surface area contributed by atoms with E-state index in [0.717, 1.165) is 0 Å². The molecule has 0 atom stereocenters. The van der Waals surface area contributed by atoms with Gasteiger partial charge in [-0.2, -0.15) is 0 Å². The minimum Gasteiger partial charge on any atom is -0.344 e. The van der Waals surface area contributed by atoms with Crippen molar-refractivity contribution in [2.75, 3.05) is 5.83 Å². The maximum atomic E-state index is 2.94. The second kappa shape index (κ2) is 26.9. The van der Waals surface area contributed by atoms with Gasteiger partial charge >= 0.3 is 0 Å². The lowest BCUT2D eigenvalue weighted by Crippen LogP contribution is -1.82. The molecule has 0 aliphatic rings. The normalized spacial score (nSPS) is 9.47. The summed E-state index contributed by atoms with van der Waals surface area (Å²) in [5.74, 6) is 1.81. The Morgan fingerprint density at radius 3 is 0.737 bits per heavy atom. The predicted molar refractivity (Wildman–Crippen MR) is 95.9 cm³/mol. The molecule has 0 spiro atoms. The molecule has 0 saturated heterocycles. The van der Waals surface area contributed by atoms with Crippen LogP contribution in [0.3, 0.4) is 0 Å². The van der Waals surface area contributed by atoms with Gasteiger partial charge in [-0.3, -0.25) is 0 Å². The zero-order valence-electron chi connectivity index (χ0n) is 14.0. The molecule has 0 aliphatic carbocycles. The lowest BCUT2D eigenvalue weighted by molar-refractivity contribution is 0.538. The van der Waals surface area contributed by atoms with Gasteiger partial charge in [-0.15, -0.1) is 0 Å². The minimum atomic E-state index is 0. The molecular weight excluding hydrogens is 298 g/mol. The van der Waals surface area contributed by atoms with Gasteiger partial charge in [-0.25, -0.2) is 0 Å². The molecule has 2 heteroatoms. The highest BCUT2D eigenvalue weighted by Gasteiger charge is 1.92. The second-order valence-electron chi connectivity index (χ2n) is 5.24. The molecule has 0 aromatic carbocycles. The summed E-state index contributed by atoms with van der Waals surface area (Å²) in [5, 5.41) is 0. The van der Waals surface area contributed by atoms with Crippen molar-refractivity contribution in [3.8, 4) is 0 Å². The molecule has 0 radical (unpaired) electrons. The third kappa shape index (κ3) is 27.6. The highest BCUT2D eigenvalue weighted by Crippen LogP contribution is 2.12. The summed E-state index contributed by atoms with van der Waals surface area (Å²) in [7, 11) is 0. The fraction of sp³-hybridized carbons (Fsp3) is 1.00. The third-order valence-corrected chi connectivity index (χ3v) is 3.46. The second-order valence-corrected chi connectivity index (χ2v) is 5.24. The molecule has 0 rings (SSSR count). The predicted octanol–water partition coefficient (Wildman–Crippen LogP) is 7.66. The van der Waals surface area contributed by atoms with Crippen LogP contribution in [0.5, 0.6) is 0 Å². The minimum absolute atomic E-state index is 0. The van der Waals surface area contributed by atoms with Crippen LogP contribution >= 0.6 is 15.9 Å². The molecule has 0 aromatic heterocycles. The fourth-order valence-electron chi connectivity index (χ4n) is 2.27. The number of hydrogen-bond donors (Lipinski definition) is 1. The van der Waals surface area contributed by atoms with Crippen LogP contribution in [0.25, 0.3) is 0 Å². The van der Waals surface area contributed by atoms with Gasteiger partial charge in [0.25, 0.3) is 0 Å². The molecule has 19 heavy (non-hydrogen) atoms. The molecule has 0 aromatic rings. The Bertz CT molecular complexity index is 104. The van der Waals surface area contributed by atoms with Gasteiger partial charge < -0.3 is 6.15 Å². The van der Waals surface area contributed by atoms with Crippen LogP contribution in [0.1, 0.15) is 104 Å². The van der Waals surface area contributed by atoms with E-state index >= 15 is 0 Å². The van der Waals surface area contributed by atoms with Crippen molar-refractivity contribution in [3.05, 3.63) is 0 Å². The van der Waals surface area contributed by atoms with Crippen LogP contribution < -0.4 is 6.15 Å². The Labute approximate surface area is 132 Å². The monoisotopic (exact) mass is 337 g/mol. The van der Waals surface area contributed by atoms with Gasteiger partial charge in [0, 0.05) is 0 Å². The number of halogens is 1. The Hall–Kier alpha value is 0.440. The lowest BCUT2D eigenvalue weighted by Gasteiger charge is -2.02. The molecule has 0 aliphatic heterocycles. The Balaban J connectivity index is -0.000000809. The lowest BCUT2D eigenvalue weighted by atomic mass is 10.0. The molecule has 0 heterocycles. The van der Waals surface area contributed by atoms with Crippen LogP contribution in [-0.4, -0.2) is 5.83 Å². The van der Waals surface area contributed by atoms with Crippen LogP contribution in [0, 0.1) is 0 Å². The summed E-state index contributed by atoms with van der Waals surface area (Å²) in [5.41, 5.74) is 0. The first-order valence-electron chi connectivity index (χ1n) is 8.29. The van der Waals surface area contributed by atoms with E-state index in [9.17, 15) is 0 Å². The summed E-state index contributed by atoms with van der Waals surface area (Å²) in [6.45, 7) is 4.58. The van der Waals surface area contributed by atoms with Crippen molar-refractivity contribution < 1.29 is 0 Å². The first-order valence-corrected chi connectivity index (χ1v) is 9.88. The van der Waals surface area contributed by atoms with Gasteiger partial charge in [0.1, 0.15) is 0 Å². The molecule has 0 fully saturated rings. The number of unbranched alkanes of at least 4 members (excludes halogenated alkanes) is 13. The number of alkyl halides is 1. The molecule has 1 nitrogen and oxygen atoms in total. The van der Waals surface area contributed by atoms with E-state index in [1.165, 1.54) is 89.9 Å². The van der Waals surface area contributed by atoms with Gasteiger partial charge in [0.15, 0.2) is 0 Å². The average molecular weight is 338 g/mol. The van der Waals surface area contributed by atoms with E-state index in [4.69, 9.17) is 0 Å². The highest BCUT2D eigenvalue weighted by atomic mass is 79.9. The van der Waals surface area contributed by atoms with E-state index in [2.05, 4.69) is 29.8 Å². The Kier molecular flexibility index (Phi) is 34.6. The van der Waals surface area contributed by atoms with Gasteiger partial charge in [-0.05, 0) is 5.83 Å². The Morgan fingerprint density at radius 2 is 0.579 bits per heavy atom. The third-order valence-electron chi connectivity index (χ3n) is 3.46. The summed E-state index contributed by atoms with van der Waals surface area (Å²) < 4.78 is 0. The zero-order valence-corrected chi connectivity index (χ0v) is 15.6. The quantitative estimate of drug-likeness (QED) is 0.271. The summed E-state index contributed by atoms with van der Waals surface area (Å²) in [6, 6.07) is 0. The fourth-order valence-corrected chi connectivity index (χ4v) is 2.27. The van der Waals surface area contributed by atoms with Crippen molar-refractivity contribution in [1.29, 1.82) is 0 Å². The van der Waals surface area contributed by atoms with E-state index in [-0.39, 0.29) is 6.15 Å². The van der Waals surface area contributed by atoms with Gasteiger partial charge in [0.2, 0.25) is 0 Å². The number of rotatable bonds is 13.